The van der Waals surface area contributed by atoms with E-state index in [9.17, 15) is 4.79 Å². The molecule has 1 aliphatic heterocycles. The van der Waals surface area contributed by atoms with Crippen molar-refractivity contribution in [1.82, 2.24) is 19.7 Å². The molecule has 0 bridgehead atoms. The highest BCUT2D eigenvalue weighted by Gasteiger charge is 2.34. The molecule has 4 aromatic rings. The van der Waals surface area contributed by atoms with E-state index in [-0.39, 0.29) is 11.9 Å². The van der Waals surface area contributed by atoms with Gasteiger partial charge in [0.25, 0.3) is 5.91 Å². The maximum atomic E-state index is 13.4. The molecule has 0 saturated carbocycles. The van der Waals surface area contributed by atoms with E-state index in [2.05, 4.69) is 29.7 Å². The van der Waals surface area contributed by atoms with Crippen molar-refractivity contribution < 1.29 is 4.79 Å². The number of carbonyl (C=O) groups excluding carboxylic acids is 1. The van der Waals surface area contributed by atoms with Gasteiger partial charge in [-0.3, -0.25) is 9.48 Å². The highest BCUT2D eigenvalue weighted by atomic mass is 32.1. The molecule has 4 heterocycles. The molecule has 1 unspecified atom stereocenters. The number of para-hydroxylation sites is 1. The lowest BCUT2D eigenvalue weighted by molar-refractivity contribution is 0.0740. The van der Waals surface area contributed by atoms with Crippen LogP contribution in [-0.4, -0.2) is 32.1 Å². The average Bonchev–Trinajstić information content (AvgIpc) is 3.45. The number of amides is 1. The minimum absolute atomic E-state index is 0.0818. The molecule has 1 atom stereocenters. The number of likely N-dealkylation sites (tertiary alicyclic amines) is 1. The molecule has 5 rings (SSSR count). The van der Waals surface area contributed by atoms with E-state index in [4.69, 9.17) is 4.98 Å². The van der Waals surface area contributed by atoms with Crippen LogP contribution in [-0.2, 0) is 6.54 Å². The van der Waals surface area contributed by atoms with Crippen molar-refractivity contribution in [2.75, 3.05) is 6.54 Å². The second-order valence-corrected chi connectivity index (χ2v) is 10.3. The molecule has 1 amide bonds. The van der Waals surface area contributed by atoms with Gasteiger partial charge in [-0.05, 0) is 43.9 Å². The van der Waals surface area contributed by atoms with Gasteiger partial charge in [0.1, 0.15) is 9.84 Å². The standard InChI is InChI=1S/C22H24N4OS2/c1-13(2)12-26-22-15(14(3)24-26)11-19(29-22)21(27)25-10-6-8-17(25)20-23-16-7-4-5-9-18(16)28-20/h4-5,7,9,11,13,17H,6,8,10,12H2,1-3H3. The number of aryl methyl sites for hydroxylation is 1. The zero-order valence-electron chi connectivity index (χ0n) is 16.9. The number of thiophene rings is 1. The quantitative estimate of drug-likeness (QED) is 0.425. The topological polar surface area (TPSA) is 51.0 Å². The summed E-state index contributed by atoms with van der Waals surface area (Å²) in [5.74, 6) is 0.643. The van der Waals surface area contributed by atoms with Crippen LogP contribution in [0.4, 0.5) is 0 Å². The van der Waals surface area contributed by atoms with Crippen LogP contribution in [0.1, 0.15) is 53.1 Å². The SMILES string of the molecule is Cc1nn(CC(C)C)c2sc(C(=O)N3CCCC3c3nc4ccccc4s3)cc12. The van der Waals surface area contributed by atoms with Crippen molar-refractivity contribution in [3.63, 3.8) is 0 Å². The third-order valence-electron chi connectivity index (χ3n) is 5.47. The Kier molecular flexibility index (Phi) is 4.67. The molecule has 0 aliphatic carbocycles. The molecule has 0 radical (unpaired) electrons. The predicted molar refractivity (Wildman–Crippen MR) is 120 cm³/mol. The number of benzene rings is 1. The molecule has 1 saturated heterocycles. The van der Waals surface area contributed by atoms with Crippen LogP contribution in [0, 0.1) is 12.8 Å². The van der Waals surface area contributed by atoms with Crippen molar-refractivity contribution in [2.24, 2.45) is 5.92 Å². The first-order valence-corrected chi connectivity index (χ1v) is 11.8. The van der Waals surface area contributed by atoms with E-state index in [0.29, 0.717) is 5.92 Å². The summed E-state index contributed by atoms with van der Waals surface area (Å²) in [6.07, 6.45) is 2.01. The Hall–Kier alpha value is -2.25. The number of aromatic nitrogens is 3. The Labute approximate surface area is 178 Å². The zero-order chi connectivity index (χ0) is 20.1. The van der Waals surface area contributed by atoms with Crippen LogP contribution in [0.15, 0.2) is 30.3 Å². The Balaban J connectivity index is 1.47. The average molecular weight is 425 g/mol. The van der Waals surface area contributed by atoms with E-state index in [1.54, 1.807) is 22.7 Å². The van der Waals surface area contributed by atoms with Crippen molar-refractivity contribution in [2.45, 2.75) is 46.2 Å². The van der Waals surface area contributed by atoms with Gasteiger partial charge in [0.2, 0.25) is 0 Å². The smallest absolute Gasteiger partial charge is 0.264 e. The Morgan fingerprint density at radius 3 is 2.90 bits per heavy atom. The molecule has 1 aromatic carbocycles. The van der Waals surface area contributed by atoms with Gasteiger partial charge in [-0.15, -0.1) is 22.7 Å². The van der Waals surface area contributed by atoms with Gasteiger partial charge >= 0.3 is 0 Å². The summed E-state index contributed by atoms with van der Waals surface area (Å²) < 4.78 is 3.25. The number of rotatable bonds is 4. The molecular formula is C22H24N4OS2. The number of thiazole rings is 1. The number of hydrogen-bond donors (Lipinski definition) is 0. The molecule has 5 nitrogen and oxygen atoms in total. The van der Waals surface area contributed by atoms with Crippen molar-refractivity contribution in [3.8, 4) is 0 Å². The number of fused-ring (bicyclic) bond motifs is 2. The van der Waals surface area contributed by atoms with Crippen molar-refractivity contribution in [1.29, 1.82) is 0 Å². The Morgan fingerprint density at radius 1 is 1.28 bits per heavy atom. The summed E-state index contributed by atoms with van der Waals surface area (Å²) in [4.78, 5) is 22.2. The molecule has 3 aromatic heterocycles. The van der Waals surface area contributed by atoms with Crippen LogP contribution in [0.3, 0.4) is 0 Å². The second kappa shape index (κ2) is 7.22. The first kappa shape index (κ1) is 18.8. The summed E-state index contributed by atoms with van der Waals surface area (Å²) in [5, 5.41) is 6.83. The molecule has 0 spiro atoms. The Bertz CT molecular complexity index is 1170. The number of nitrogens with zero attached hydrogens (tertiary/aromatic N) is 4. The van der Waals surface area contributed by atoms with Gasteiger partial charge < -0.3 is 4.90 Å². The third-order valence-corrected chi connectivity index (χ3v) is 7.74. The third kappa shape index (κ3) is 3.26. The normalized spacial score (nSPS) is 17.2. The fourth-order valence-electron chi connectivity index (χ4n) is 4.13. The van der Waals surface area contributed by atoms with E-state index < -0.39 is 0 Å². The van der Waals surface area contributed by atoms with E-state index in [0.717, 1.165) is 57.2 Å². The van der Waals surface area contributed by atoms with Gasteiger partial charge in [-0.1, -0.05) is 26.0 Å². The first-order valence-electron chi connectivity index (χ1n) is 10.1. The van der Waals surface area contributed by atoms with Crippen molar-refractivity contribution in [3.05, 3.63) is 45.9 Å². The summed E-state index contributed by atoms with van der Waals surface area (Å²) in [6, 6.07) is 10.3. The van der Waals surface area contributed by atoms with Crippen LogP contribution in [0.5, 0.6) is 0 Å². The van der Waals surface area contributed by atoms with Crippen LogP contribution in [0.2, 0.25) is 0 Å². The fourth-order valence-corrected chi connectivity index (χ4v) is 6.37. The largest absolute Gasteiger partial charge is 0.328 e. The highest BCUT2D eigenvalue weighted by Crippen LogP contribution is 2.39. The molecule has 1 fully saturated rings. The van der Waals surface area contributed by atoms with Crippen molar-refractivity contribution >= 4 is 49.0 Å². The minimum Gasteiger partial charge on any atom is -0.328 e. The van der Waals surface area contributed by atoms with Gasteiger partial charge in [0.05, 0.1) is 26.8 Å². The maximum absolute atomic E-state index is 13.4. The molecule has 29 heavy (non-hydrogen) atoms. The number of carbonyl (C=O) groups is 1. The van der Waals surface area contributed by atoms with Gasteiger partial charge in [0, 0.05) is 18.5 Å². The minimum atomic E-state index is 0.0818. The maximum Gasteiger partial charge on any atom is 0.264 e. The molecule has 7 heteroatoms. The van der Waals surface area contributed by atoms with Crippen LogP contribution >= 0.6 is 22.7 Å². The van der Waals surface area contributed by atoms with E-state index in [1.165, 1.54) is 4.70 Å². The van der Waals surface area contributed by atoms with E-state index in [1.807, 2.05) is 36.1 Å². The highest BCUT2D eigenvalue weighted by molar-refractivity contribution is 7.20. The lowest BCUT2D eigenvalue weighted by atomic mass is 10.2. The van der Waals surface area contributed by atoms with E-state index >= 15 is 0 Å². The fraction of sp³-hybridized carbons (Fsp3) is 0.409. The lowest BCUT2D eigenvalue weighted by Gasteiger charge is -2.22. The second-order valence-electron chi connectivity index (χ2n) is 8.17. The monoisotopic (exact) mass is 424 g/mol. The molecule has 0 N–H and O–H groups in total. The van der Waals surface area contributed by atoms with Crippen LogP contribution < -0.4 is 0 Å². The summed E-state index contributed by atoms with van der Waals surface area (Å²) in [5.41, 5.74) is 2.03. The molecule has 1 aliphatic rings. The summed E-state index contributed by atoms with van der Waals surface area (Å²) in [7, 11) is 0. The Morgan fingerprint density at radius 2 is 2.10 bits per heavy atom. The first-order chi connectivity index (χ1) is 14.0. The van der Waals surface area contributed by atoms with Gasteiger partial charge in [-0.25, -0.2) is 4.98 Å². The molecular weight excluding hydrogens is 400 g/mol. The lowest BCUT2D eigenvalue weighted by Crippen LogP contribution is -2.29. The summed E-state index contributed by atoms with van der Waals surface area (Å²) in [6.45, 7) is 8.08. The van der Waals surface area contributed by atoms with Crippen LogP contribution in [0.25, 0.3) is 20.4 Å². The zero-order valence-corrected chi connectivity index (χ0v) is 18.5. The summed E-state index contributed by atoms with van der Waals surface area (Å²) >= 11 is 3.29. The van der Waals surface area contributed by atoms with Gasteiger partial charge in [-0.2, -0.15) is 5.10 Å². The molecule has 150 valence electrons. The number of hydrogen-bond acceptors (Lipinski definition) is 5. The predicted octanol–water partition coefficient (Wildman–Crippen LogP) is 5.65. The van der Waals surface area contributed by atoms with Gasteiger partial charge in [0.15, 0.2) is 0 Å².